The third kappa shape index (κ3) is 5.49. The van der Waals surface area contributed by atoms with Gasteiger partial charge in [-0.1, -0.05) is 60.2 Å². The van der Waals surface area contributed by atoms with E-state index in [9.17, 15) is 14.4 Å². The molecule has 29 heavy (non-hydrogen) atoms. The first-order valence-electron chi connectivity index (χ1n) is 8.79. The fraction of sp³-hybridized carbons (Fsp3) is 0.143. The number of nitrogens with two attached hydrogens (primary N) is 1. The highest BCUT2D eigenvalue weighted by Crippen LogP contribution is 2.36. The van der Waals surface area contributed by atoms with Crippen LogP contribution in [-0.4, -0.2) is 29.5 Å². The molecule has 148 valence electrons. The van der Waals surface area contributed by atoms with Crippen LogP contribution in [-0.2, 0) is 20.7 Å². The highest BCUT2D eigenvalue weighted by molar-refractivity contribution is 7.18. The number of urea groups is 1. The van der Waals surface area contributed by atoms with Crippen molar-refractivity contribution in [2.75, 3.05) is 6.61 Å². The van der Waals surface area contributed by atoms with Crippen LogP contribution in [0.1, 0.15) is 11.3 Å². The van der Waals surface area contributed by atoms with Crippen molar-refractivity contribution in [1.29, 1.82) is 0 Å². The van der Waals surface area contributed by atoms with Crippen LogP contribution in [0.5, 0.6) is 0 Å². The van der Waals surface area contributed by atoms with E-state index in [2.05, 4.69) is 4.98 Å². The topological polar surface area (TPSA) is 111 Å². The molecular weight excluding hydrogens is 390 g/mol. The monoisotopic (exact) mass is 409 g/mol. The van der Waals surface area contributed by atoms with Crippen molar-refractivity contribution in [2.45, 2.75) is 13.3 Å². The van der Waals surface area contributed by atoms with Crippen molar-refractivity contribution in [3.63, 3.8) is 0 Å². The Morgan fingerprint density at radius 3 is 2.38 bits per heavy atom. The largest absolute Gasteiger partial charge is 0.455 e. The molecule has 0 bridgehead atoms. The zero-order valence-electron chi connectivity index (χ0n) is 15.7. The van der Waals surface area contributed by atoms with E-state index in [0.29, 0.717) is 5.69 Å². The molecule has 0 saturated heterocycles. The number of imide groups is 1. The Labute approximate surface area is 171 Å². The van der Waals surface area contributed by atoms with Crippen LogP contribution >= 0.6 is 11.3 Å². The van der Waals surface area contributed by atoms with Crippen LogP contribution in [0.4, 0.5) is 4.79 Å². The van der Waals surface area contributed by atoms with Gasteiger partial charge in [-0.05, 0) is 12.5 Å². The number of carbonyl (C=O) groups excluding carboxylic acids is 3. The van der Waals surface area contributed by atoms with Crippen molar-refractivity contribution in [2.24, 2.45) is 5.73 Å². The average Bonchev–Trinajstić information content (AvgIpc) is 3.11. The summed E-state index contributed by atoms with van der Waals surface area (Å²) in [6.07, 6.45) is -0.101. The van der Waals surface area contributed by atoms with Crippen LogP contribution in [0.15, 0.2) is 54.6 Å². The molecule has 8 heteroatoms. The number of amides is 3. The Morgan fingerprint density at radius 1 is 1.03 bits per heavy atom. The normalized spacial score (nSPS) is 10.4. The molecule has 0 aliphatic heterocycles. The predicted octanol–water partition coefficient (Wildman–Crippen LogP) is 3.07. The summed E-state index contributed by atoms with van der Waals surface area (Å²) in [5.41, 5.74) is 8.45. The van der Waals surface area contributed by atoms with Gasteiger partial charge in [-0.3, -0.25) is 14.9 Å². The summed E-state index contributed by atoms with van der Waals surface area (Å²) in [6.45, 7) is 1.42. The molecule has 0 spiro atoms. The number of aryl methyl sites for hydroxylation is 1. The van der Waals surface area contributed by atoms with E-state index in [0.717, 1.165) is 26.6 Å². The Morgan fingerprint density at radius 2 is 1.72 bits per heavy atom. The molecule has 3 aromatic rings. The van der Waals surface area contributed by atoms with Gasteiger partial charge in [0, 0.05) is 5.56 Å². The summed E-state index contributed by atoms with van der Waals surface area (Å²) in [5.74, 6) is -1.41. The summed E-state index contributed by atoms with van der Waals surface area (Å²) >= 11 is 1.49. The lowest BCUT2D eigenvalue weighted by atomic mass is 10.1. The first-order chi connectivity index (χ1) is 13.9. The standard InChI is InChI=1S/C21H19N3O4S/c1-13-7-9-14(10-8-13)19-16(11-18(26)28-12-17(25)24-21(22)27)23-20(29-19)15-5-3-2-4-6-15/h2-10H,11-12H2,1H3,(H3,22,24,25,27). The van der Waals surface area contributed by atoms with Crippen LogP contribution in [0, 0.1) is 6.92 Å². The van der Waals surface area contributed by atoms with Gasteiger partial charge in [0.25, 0.3) is 5.91 Å². The van der Waals surface area contributed by atoms with Crippen molar-refractivity contribution in [3.05, 3.63) is 65.9 Å². The molecule has 0 unspecified atom stereocenters. The minimum atomic E-state index is -1.00. The van der Waals surface area contributed by atoms with Crippen LogP contribution in [0.3, 0.4) is 0 Å². The van der Waals surface area contributed by atoms with Crippen molar-refractivity contribution < 1.29 is 19.1 Å². The van der Waals surface area contributed by atoms with E-state index in [1.165, 1.54) is 11.3 Å². The van der Waals surface area contributed by atoms with Gasteiger partial charge in [0.05, 0.1) is 17.0 Å². The lowest BCUT2D eigenvalue weighted by molar-refractivity contribution is -0.147. The fourth-order valence-corrected chi connectivity index (χ4v) is 3.71. The van der Waals surface area contributed by atoms with Gasteiger partial charge in [-0.15, -0.1) is 11.3 Å². The molecule has 0 saturated carbocycles. The molecule has 2 aromatic carbocycles. The molecule has 1 aromatic heterocycles. The lowest BCUT2D eigenvalue weighted by Crippen LogP contribution is -2.37. The zero-order chi connectivity index (χ0) is 20.8. The van der Waals surface area contributed by atoms with E-state index in [-0.39, 0.29) is 6.42 Å². The van der Waals surface area contributed by atoms with Gasteiger partial charge in [-0.2, -0.15) is 0 Å². The number of hydrogen-bond donors (Lipinski definition) is 2. The summed E-state index contributed by atoms with van der Waals surface area (Å²) < 4.78 is 4.94. The Hall–Kier alpha value is -3.52. The van der Waals surface area contributed by atoms with E-state index >= 15 is 0 Å². The Kier molecular flexibility index (Phi) is 6.36. The minimum Gasteiger partial charge on any atom is -0.455 e. The number of hydrogen-bond acceptors (Lipinski definition) is 6. The molecule has 0 fully saturated rings. The highest BCUT2D eigenvalue weighted by atomic mass is 32.1. The van der Waals surface area contributed by atoms with Gasteiger partial charge in [-0.25, -0.2) is 9.78 Å². The summed E-state index contributed by atoms with van der Waals surface area (Å²) in [6, 6.07) is 16.6. The highest BCUT2D eigenvalue weighted by Gasteiger charge is 2.18. The third-order valence-corrected chi connectivity index (χ3v) is 5.17. The van der Waals surface area contributed by atoms with Gasteiger partial charge >= 0.3 is 12.0 Å². The summed E-state index contributed by atoms with van der Waals surface area (Å²) in [4.78, 5) is 39.8. The molecule has 0 radical (unpaired) electrons. The van der Waals surface area contributed by atoms with Gasteiger partial charge < -0.3 is 10.5 Å². The fourth-order valence-electron chi connectivity index (χ4n) is 2.61. The van der Waals surface area contributed by atoms with Crippen molar-refractivity contribution in [3.8, 4) is 21.0 Å². The third-order valence-electron chi connectivity index (χ3n) is 3.97. The summed E-state index contributed by atoms with van der Waals surface area (Å²) in [7, 11) is 0. The van der Waals surface area contributed by atoms with Gasteiger partial charge in [0.15, 0.2) is 6.61 Å². The minimum absolute atomic E-state index is 0.101. The van der Waals surface area contributed by atoms with E-state index in [1.54, 1.807) is 0 Å². The van der Waals surface area contributed by atoms with Crippen molar-refractivity contribution in [1.82, 2.24) is 10.3 Å². The number of nitrogens with zero attached hydrogens (tertiary/aromatic N) is 1. The first kappa shape index (κ1) is 20.2. The maximum atomic E-state index is 12.2. The number of aromatic nitrogens is 1. The quantitative estimate of drug-likeness (QED) is 0.608. The smallest absolute Gasteiger partial charge is 0.318 e. The molecular formula is C21H19N3O4S. The second-order valence-corrected chi connectivity index (χ2v) is 7.28. The van der Waals surface area contributed by atoms with E-state index < -0.39 is 24.5 Å². The Balaban J connectivity index is 1.83. The van der Waals surface area contributed by atoms with Gasteiger partial charge in [0.1, 0.15) is 5.01 Å². The zero-order valence-corrected chi connectivity index (χ0v) is 16.5. The number of ether oxygens (including phenoxy) is 1. The second-order valence-electron chi connectivity index (χ2n) is 6.28. The van der Waals surface area contributed by atoms with Crippen LogP contribution in [0.25, 0.3) is 21.0 Å². The number of primary amides is 1. The lowest BCUT2D eigenvalue weighted by Gasteiger charge is -2.05. The molecule has 3 amide bonds. The number of rotatable bonds is 6. The molecule has 1 heterocycles. The molecule has 0 aliphatic carbocycles. The number of esters is 1. The predicted molar refractivity (Wildman–Crippen MR) is 110 cm³/mol. The second kappa shape index (κ2) is 9.11. The average molecular weight is 409 g/mol. The van der Waals surface area contributed by atoms with E-state index in [4.69, 9.17) is 10.5 Å². The van der Waals surface area contributed by atoms with E-state index in [1.807, 2.05) is 66.8 Å². The molecule has 7 nitrogen and oxygen atoms in total. The maximum absolute atomic E-state index is 12.2. The molecule has 0 aliphatic rings. The first-order valence-corrected chi connectivity index (χ1v) is 9.61. The SMILES string of the molecule is Cc1ccc(-c2sc(-c3ccccc3)nc2CC(=O)OCC(=O)NC(N)=O)cc1. The Bertz CT molecular complexity index is 1030. The van der Waals surface area contributed by atoms with Crippen LogP contribution in [0.2, 0.25) is 0 Å². The number of thiazole rings is 1. The van der Waals surface area contributed by atoms with Crippen LogP contribution < -0.4 is 11.1 Å². The number of carbonyl (C=O) groups is 3. The van der Waals surface area contributed by atoms with Gasteiger partial charge in [0.2, 0.25) is 0 Å². The molecule has 3 N–H and O–H groups in total. The molecule has 3 rings (SSSR count). The summed E-state index contributed by atoms with van der Waals surface area (Å²) in [5, 5.41) is 2.63. The maximum Gasteiger partial charge on any atom is 0.318 e. The molecule has 0 atom stereocenters. The number of nitrogens with one attached hydrogen (secondary N) is 1. The number of benzene rings is 2. The van der Waals surface area contributed by atoms with Crippen molar-refractivity contribution >= 4 is 29.2 Å².